The van der Waals surface area contributed by atoms with Crippen LogP contribution in [0.4, 0.5) is 0 Å². The Bertz CT molecular complexity index is 157. The van der Waals surface area contributed by atoms with Crippen molar-refractivity contribution in [3.63, 3.8) is 0 Å². The van der Waals surface area contributed by atoms with E-state index in [0.29, 0.717) is 0 Å². The summed E-state index contributed by atoms with van der Waals surface area (Å²) in [5.74, 6) is 3.26. The van der Waals surface area contributed by atoms with Crippen LogP contribution < -0.4 is 0 Å². The summed E-state index contributed by atoms with van der Waals surface area (Å²) in [6, 6.07) is 0. The van der Waals surface area contributed by atoms with Gasteiger partial charge in [-0.15, -0.1) is 0 Å². The lowest BCUT2D eigenvalue weighted by Crippen LogP contribution is -2.46. The van der Waals surface area contributed by atoms with Crippen LogP contribution in [0.15, 0.2) is 0 Å². The molecule has 4 fully saturated rings. The second-order valence-corrected chi connectivity index (χ2v) is 5.49. The highest BCUT2D eigenvalue weighted by Crippen LogP contribution is 2.60. The van der Waals surface area contributed by atoms with Crippen molar-refractivity contribution < 1.29 is 0 Å². The zero-order valence-corrected chi connectivity index (χ0v) is 8.05. The lowest BCUT2D eigenvalue weighted by Gasteiger charge is -2.56. The van der Waals surface area contributed by atoms with Gasteiger partial charge >= 0.3 is 0 Å². The van der Waals surface area contributed by atoms with Crippen molar-refractivity contribution in [1.82, 2.24) is 0 Å². The van der Waals surface area contributed by atoms with E-state index < -0.39 is 0 Å². The van der Waals surface area contributed by atoms with Crippen LogP contribution in [0, 0.1) is 29.6 Å². The second-order valence-electron chi connectivity index (χ2n) is 5.49. The Balaban J connectivity index is 1.90. The third-order valence-corrected chi connectivity index (χ3v) is 4.62. The molecule has 4 bridgehead atoms. The Morgan fingerprint density at radius 2 is 1.83 bits per heavy atom. The van der Waals surface area contributed by atoms with Gasteiger partial charge < -0.3 is 0 Å². The molecule has 0 spiro atoms. The van der Waals surface area contributed by atoms with Crippen molar-refractivity contribution in [1.29, 1.82) is 0 Å². The van der Waals surface area contributed by atoms with Gasteiger partial charge in [0.05, 0.1) is 0 Å². The maximum atomic E-state index is 2.74. The fourth-order valence-corrected chi connectivity index (χ4v) is 4.36. The average molecular weight is 163 g/mol. The minimum atomic E-state index is 0.717. The number of hydrogen-bond acceptors (Lipinski definition) is 0. The molecule has 67 valence electrons. The first-order valence-corrected chi connectivity index (χ1v) is 5.66. The van der Waals surface area contributed by atoms with Gasteiger partial charge in [0.1, 0.15) is 0 Å². The minimum absolute atomic E-state index is 0.717. The van der Waals surface area contributed by atoms with Gasteiger partial charge in [0.15, 0.2) is 0 Å². The summed E-state index contributed by atoms with van der Waals surface area (Å²) in [5.41, 5.74) is 0.717. The Kier molecular flexibility index (Phi) is 1.40. The van der Waals surface area contributed by atoms with Crippen LogP contribution in [0.25, 0.3) is 0 Å². The van der Waals surface area contributed by atoms with Crippen LogP contribution in [0.5, 0.6) is 0 Å². The zero-order chi connectivity index (χ0) is 8.18. The predicted octanol–water partition coefficient (Wildman–Crippen LogP) is 3.43. The summed E-state index contributed by atoms with van der Waals surface area (Å²) in [6.07, 6.45) is 11.9. The Morgan fingerprint density at radius 3 is 2.33 bits per heavy atom. The normalized spacial score (nSPS) is 56.2. The summed E-state index contributed by atoms with van der Waals surface area (Å²) >= 11 is 0. The van der Waals surface area contributed by atoms with Gasteiger partial charge in [0.25, 0.3) is 0 Å². The molecule has 0 saturated heterocycles. The highest BCUT2D eigenvalue weighted by atomic mass is 14.5. The monoisotopic (exact) mass is 163 g/mol. The Hall–Kier alpha value is 0. The van der Waals surface area contributed by atoms with Gasteiger partial charge in [-0.25, -0.2) is 0 Å². The van der Waals surface area contributed by atoms with Crippen molar-refractivity contribution in [2.75, 3.05) is 0 Å². The molecule has 2 unspecified atom stereocenters. The average Bonchev–Trinajstić information content (AvgIpc) is 2.02. The molecule has 12 heavy (non-hydrogen) atoms. The molecule has 4 saturated carbocycles. The molecular weight excluding hydrogens is 144 g/mol. The lowest BCUT2D eigenvalue weighted by molar-refractivity contribution is -0.00512. The quantitative estimate of drug-likeness (QED) is 0.555. The highest BCUT2D eigenvalue weighted by molar-refractivity contribution is 5.10. The van der Waals surface area contributed by atoms with E-state index in [1.807, 2.05) is 0 Å². The molecule has 4 aliphatic rings. The molecule has 0 nitrogen and oxygen atoms in total. The highest BCUT2D eigenvalue weighted by Gasteiger charge is 2.49. The molecule has 0 aromatic carbocycles. The first-order chi connectivity index (χ1) is 5.80. The molecule has 0 aliphatic heterocycles. The van der Waals surface area contributed by atoms with Gasteiger partial charge in [0, 0.05) is 0 Å². The van der Waals surface area contributed by atoms with Crippen LogP contribution >= 0.6 is 0 Å². The third-order valence-electron chi connectivity index (χ3n) is 4.62. The molecular formula is C12H19. The maximum Gasteiger partial charge on any atom is -0.0261 e. The Morgan fingerprint density at radius 1 is 1.17 bits per heavy atom. The fraction of sp³-hybridized carbons (Fsp3) is 0.917. The van der Waals surface area contributed by atoms with E-state index in [1.54, 1.807) is 6.42 Å². The SMILES string of the molecule is CCC12[CH]C3CC(CC(C3)C1)C2. The maximum absolute atomic E-state index is 2.74. The van der Waals surface area contributed by atoms with Gasteiger partial charge in [-0.05, 0) is 61.7 Å². The zero-order valence-electron chi connectivity index (χ0n) is 8.05. The first kappa shape index (κ1) is 7.41. The molecule has 0 heteroatoms. The van der Waals surface area contributed by atoms with Crippen LogP contribution in [0.1, 0.15) is 45.4 Å². The number of hydrogen-bond donors (Lipinski definition) is 0. The van der Waals surface area contributed by atoms with E-state index in [-0.39, 0.29) is 0 Å². The van der Waals surface area contributed by atoms with Crippen molar-refractivity contribution in [3.05, 3.63) is 6.42 Å². The largest absolute Gasteiger partial charge is 0.0648 e. The van der Waals surface area contributed by atoms with Crippen LogP contribution in [-0.2, 0) is 0 Å². The molecule has 0 N–H and O–H groups in total. The van der Waals surface area contributed by atoms with Gasteiger partial charge in [-0.1, -0.05) is 13.3 Å². The third kappa shape index (κ3) is 0.900. The van der Waals surface area contributed by atoms with Crippen LogP contribution in [-0.4, -0.2) is 0 Å². The van der Waals surface area contributed by atoms with Crippen molar-refractivity contribution >= 4 is 0 Å². The summed E-state index contributed by atoms with van der Waals surface area (Å²) < 4.78 is 0. The first-order valence-electron chi connectivity index (χ1n) is 5.66. The van der Waals surface area contributed by atoms with E-state index in [0.717, 1.165) is 23.2 Å². The van der Waals surface area contributed by atoms with Gasteiger partial charge in [0.2, 0.25) is 0 Å². The summed E-state index contributed by atoms with van der Waals surface area (Å²) in [6.45, 7) is 2.39. The second kappa shape index (κ2) is 2.27. The standard InChI is InChI=1S/C12H19/c1-2-12-6-9-3-10(7-12)5-11(4-9)8-12/h6,9-11H,2-5,7-8H2,1H3. The molecule has 0 amide bonds. The summed E-state index contributed by atoms with van der Waals surface area (Å²) in [4.78, 5) is 0. The van der Waals surface area contributed by atoms with E-state index in [1.165, 1.54) is 32.1 Å². The van der Waals surface area contributed by atoms with E-state index in [9.17, 15) is 0 Å². The molecule has 1 radical (unpaired) electrons. The fourth-order valence-electron chi connectivity index (χ4n) is 4.36. The minimum Gasteiger partial charge on any atom is -0.0648 e. The lowest BCUT2D eigenvalue weighted by atomic mass is 9.49. The van der Waals surface area contributed by atoms with E-state index in [4.69, 9.17) is 0 Å². The predicted molar refractivity (Wildman–Crippen MR) is 50.6 cm³/mol. The summed E-state index contributed by atoms with van der Waals surface area (Å²) in [5, 5.41) is 0. The molecule has 0 aromatic heterocycles. The smallest absolute Gasteiger partial charge is 0.0261 e. The molecule has 2 atom stereocenters. The van der Waals surface area contributed by atoms with Crippen LogP contribution in [0.2, 0.25) is 0 Å². The van der Waals surface area contributed by atoms with Crippen molar-refractivity contribution in [3.8, 4) is 0 Å². The van der Waals surface area contributed by atoms with Crippen molar-refractivity contribution in [2.45, 2.75) is 45.4 Å². The van der Waals surface area contributed by atoms with E-state index >= 15 is 0 Å². The Labute approximate surface area is 75.7 Å². The van der Waals surface area contributed by atoms with Crippen LogP contribution in [0.3, 0.4) is 0 Å². The van der Waals surface area contributed by atoms with Crippen molar-refractivity contribution in [2.24, 2.45) is 23.2 Å². The summed E-state index contributed by atoms with van der Waals surface area (Å²) in [7, 11) is 0. The molecule has 4 aliphatic carbocycles. The van der Waals surface area contributed by atoms with E-state index in [2.05, 4.69) is 13.3 Å². The number of rotatable bonds is 1. The van der Waals surface area contributed by atoms with Gasteiger partial charge in [-0.3, -0.25) is 0 Å². The molecule has 4 rings (SSSR count). The topological polar surface area (TPSA) is 0 Å². The molecule has 0 aromatic rings. The van der Waals surface area contributed by atoms with Gasteiger partial charge in [-0.2, -0.15) is 0 Å². The molecule has 0 heterocycles.